The Bertz CT molecular complexity index is 455. The lowest BCUT2D eigenvalue weighted by Crippen LogP contribution is -2.45. The van der Waals surface area contributed by atoms with Crippen molar-refractivity contribution >= 4 is 40.8 Å². The molecule has 2 heterocycles. The van der Waals surface area contributed by atoms with Gasteiger partial charge in [0.05, 0.1) is 5.25 Å². The van der Waals surface area contributed by atoms with Gasteiger partial charge in [0.2, 0.25) is 5.91 Å². The summed E-state index contributed by atoms with van der Waals surface area (Å²) in [5.74, 6) is 1.43. The van der Waals surface area contributed by atoms with Crippen LogP contribution in [0.5, 0.6) is 0 Å². The van der Waals surface area contributed by atoms with Crippen molar-refractivity contribution in [2.75, 3.05) is 19.3 Å². The number of carbonyl (C=O) groups is 1. The number of nitrogens with zero attached hydrogens (tertiary/aromatic N) is 3. The molecule has 1 saturated heterocycles. The standard InChI is InChI=1S/C13H21N3OS3/c1-8-5-9(2)7-16(6-8)11(17)10(3)19-13-15-14-12(18-4)20-13/h8-10H,5-7H2,1-4H3. The number of rotatable bonds is 4. The van der Waals surface area contributed by atoms with Crippen molar-refractivity contribution in [2.24, 2.45) is 11.8 Å². The highest BCUT2D eigenvalue weighted by atomic mass is 32.2. The first-order valence-electron chi connectivity index (χ1n) is 6.82. The van der Waals surface area contributed by atoms with Gasteiger partial charge in [-0.3, -0.25) is 4.79 Å². The van der Waals surface area contributed by atoms with Crippen molar-refractivity contribution in [2.45, 2.75) is 41.1 Å². The minimum atomic E-state index is -0.0878. The summed E-state index contributed by atoms with van der Waals surface area (Å²) in [6, 6.07) is 0. The van der Waals surface area contributed by atoms with Crippen LogP contribution in [0.15, 0.2) is 8.68 Å². The molecule has 0 aromatic carbocycles. The van der Waals surface area contributed by atoms with Crippen molar-refractivity contribution in [1.29, 1.82) is 0 Å². The smallest absolute Gasteiger partial charge is 0.235 e. The zero-order chi connectivity index (χ0) is 14.7. The molecule has 20 heavy (non-hydrogen) atoms. The van der Waals surface area contributed by atoms with Gasteiger partial charge >= 0.3 is 0 Å². The van der Waals surface area contributed by atoms with Crippen molar-refractivity contribution in [3.05, 3.63) is 0 Å². The highest BCUT2D eigenvalue weighted by Crippen LogP contribution is 2.31. The molecule has 1 aromatic heterocycles. The van der Waals surface area contributed by atoms with Crippen LogP contribution in [0, 0.1) is 11.8 Å². The van der Waals surface area contributed by atoms with Gasteiger partial charge in [-0.15, -0.1) is 10.2 Å². The van der Waals surface area contributed by atoms with Crippen molar-refractivity contribution in [1.82, 2.24) is 15.1 Å². The van der Waals surface area contributed by atoms with Gasteiger partial charge in [0.25, 0.3) is 0 Å². The van der Waals surface area contributed by atoms with E-state index in [2.05, 4.69) is 24.0 Å². The average Bonchev–Trinajstić information content (AvgIpc) is 2.84. The monoisotopic (exact) mass is 331 g/mol. The molecule has 1 aliphatic heterocycles. The van der Waals surface area contributed by atoms with E-state index in [0.717, 1.165) is 21.8 Å². The molecule has 3 unspecified atom stereocenters. The third-order valence-electron chi connectivity index (χ3n) is 3.37. The second-order valence-corrected chi connectivity index (χ2v) is 9.11. The van der Waals surface area contributed by atoms with Gasteiger partial charge in [-0.25, -0.2) is 0 Å². The van der Waals surface area contributed by atoms with Crippen LogP contribution in [0.25, 0.3) is 0 Å². The van der Waals surface area contributed by atoms with Crippen LogP contribution < -0.4 is 0 Å². The topological polar surface area (TPSA) is 46.1 Å². The molecule has 4 nitrogen and oxygen atoms in total. The van der Waals surface area contributed by atoms with Gasteiger partial charge in [0, 0.05) is 13.1 Å². The summed E-state index contributed by atoms with van der Waals surface area (Å²) < 4.78 is 1.83. The average molecular weight is 332 g/mol. The molecule has 0 saturated carbocycles. The predicted molar refractivity (Wildman–Crippen MR) is 86.5 cm³/mol. The van der Waals surface area contributed by atoms with Gasteiger partial charge in [-0.2, -0.15) is 0 Å². The van der Waals surface area contributed by atoms with Crippen LogP contribution in [-0.4, -0.2) is 45.6 Å². The fraction of sp³-hybridized carbons (Fsp3) is 0.769. The van der Waals surface area contributed by atoms with E-state index in [1.165, 1.54) is 18.2 Å². The zero-order valence-electron chi connectivity index (χ0n) is 12.3. The third-order valence-corrected chi connectivity index (χ3v) is 6.44. The van der Waals surface area contributed by atoms with Crippen LogP contribution in [0.1, 0.15) is 27.2 Å². The van der Waals surface area contributed by atoms with E-state index in [1.807, 2.05) is 18.1 Å². The summed E-state index contributed by atoms with van der Waals surface area (Å²) in [5, 5.41) is 8.11. The number of hydrogen-bond acceptors (Lipinski definition) is 6. The molecular weight excluding hydrogens is 310 g/mol. The quantitative estimate of drug-likeness (QED) is 0.793. The van der Waals surface area contributed by atoms with Crippen LogP contribution >= 0.6 is 34.9 Å². The van der Waals surface area contributed by atoms with E-state index in [9.17, 15) is 4.79 Å². The van der Waals surface area contributed by atoms with Gasteiger partial charge in [-0.05, 0) is 31.4 Å². The molecule has 2 rings (SSSR count). The summed E-state index contributed by atoms with van der Waals surface area (Å²) >= 11 is 4.67. The Morgan fingerprint density at radius 3 is 2.45 bits per heavy atom. The number of carbonyl (C=O) groups excluding carboxylic acids is 1. The Labute approximate surface area is 133 Å². The normalized spacial score (nSPS) is 24.7. The van der Waals surface area contributed by atoms with E-state index in [0.29, 0.717) is 11.8 Å². The Hall–Kier alpha value is -0.270. The summed E-state index contributed by atoms with van der Waals surface area (Å²) in [6.45, 7) is 8.20. The fourth-order valence-electron chi connectivity index (χ4n) is 2.63. The van der Waals surface area contributed by atoms with Gasteiger partial charge in [-0.1, -0.05) is 48.7 Å². The van der Waals surface area contributed by atoms with E-state index in [1.54, 1.807) is 23.1 Å². The Balaban J connectivity index is 1.94. The maximum absolute atomic E-state index is 12.5. The molecule has 0 aliphatic carbocycles. The number of amides is 1. The maximum atomic E-state index is 12.5. The molecule has 0 spiro atoms. The Morgan fingerprint density at radius 2 is 1.90 bits per heavy atom. The van der Waals surface area contributed by atoms with Gasteiger partial charge in [0.1, 0.15) is 0 Å². The second-order valence-electron chi connectivity index (χ2n) is 5.49. The first-order valence-corrected chi connectivity index (χ1v) is 9.74. The van der Waals surface area contributed by atoms with Gasteiger partial charge in [0.15, 0.2) is 8.68 Å². The number of piperidine rings is 1. The Morgan fingerprint density at radius 1 is 1.30 bits per heavy atom. The van der Waals surface area contributed by atoms with Crippen molar-refractivity contribution < 1.29 is 4.79 Å². The molecule has 0 bridgehead atoms. The second kappa shape index (κ2) is 7.13. The molecule has 1 amide bonds. The first-order chi connectivity index (χ1) is 9.49. The highest BCUT2D eigenvalue weighted by molar-refractivity contribution is 8.03. The van der Waals surface area contributed by atoms with Crippen molar-refractivity contribution in [3.8, 4) is 0 Å². The van der Waals surface area contributed by atoms with E-state index in [4.69, 9.17) is 0 Å². The van der Waals surface area contributed by atoms with Crippen LogP contribution in [0.3, 0.4) is 0 Å². The summed E-state index contributed by atoms with van der Waals surface area (Å²) in [5.41, 5.74) is 0. The lowest BCUT2D eigenvalue weighted by atomic mass is 9.92. The summed E-state index contributed by atoms with van der Waals surface area (Å²) in [6.07, 6.45) is 3.21. The first kappa shape index (κ1) is 16.1. The van der Waals surface area contributed by atoms with Gasteiger partial charge < -0.3 is 4.90 Å². The van der Waals surface area contributed by atoms with Crippen LogP contribution in [0.2, 0.25) is 0 Å². The lowest BCUT2D eigenvalue weighted by molar-refractivity contribution is -0.132. The predicted octanol–water partition coefficient (Wildman–Crippen LogP) is 3.25. The number of aromatic nitrogens is 2. The summed E-state index contributed by atoms with van der Waals surface area (Å²) in [4.78, 5) is 14.5. The molecule has 0 N–H and O–H groups in total. The number of thioether (sulfide) groups is 2. The molecule has 1 aliphatic rings. The summed E-state index contributed by atoms with van der Waals surface area (Å²) in [7, 11) is 0. The molecule has 1 aromatic rings. The largest absolute Gasteiger partial charge is 0.341 e. The van der Waals surface area contributed by atoms with E-state index < -0.39 is 0 Å². The SMILES string of the molecule is CSc1nnc(SC(C)C(=O)N2CC(C)CC(C)C2)s1. The number of likely N-dealkylation sites (tertiary alicyclic amines) is 1. The molecule has 0 radical (unpaired) electrons. The maximum Gasteiger partial charge on any atom is 0.235 e. The molecule has 1 fully saturated rings. The third kappa shape index (κ3) is 4.11. The molecular formula is C13H21N3OS3. The minimum absolute atomic E-state index is 0.0878. The van der Waals surface area contributed by atoms with E-state index >= 15 is 0 Å². The zero-order valence-corrected chi connectivity index (χ0v) is 14.8. The molecule has 3 atom stereocenters. The lowest BCUT2D eigenvalue weighted by Gasteiger charge is -2.36. The molecule has 112 valence electrons. The van der Waals surface area contributed by atoms with Crippen molar-refractivity contribution in [3.63, 3.8) is 0 Å². The van der Waals surface area contributed by atoms with Crippen LogP contribution in [-0.2, 0) is 4.79 Å². The Kier molecular flexibility index (Phi) is 5.74. The van der Waals surface area contributed by atoms with Crippen LogP contribution in [0.4, 0.5) is 0 Å². The highest BCUT2D eigenvalue weighted by Gasteiger charge is 2.29. The molecule has 7 heteroatoms. The minimum Gasteiger partial charge on any atom is -0.341 e. The number of hydrogen-bond donors (Lipinski definition) is 0. The fourth-order valence-corrected chi connectivity index (χ4v) is 5.30. The van der Waals surface area contributed by atoms with E-state index in [-0.39, 0.29) is 11.2 Å².